The number of anilines is 1. The fourth-order valence-electron chi connectivity index (χ4n) is 4.39. The first-order valence-electron chi connectivity index (χ1n) is 9.70. The Kier molecular flexibility index (Phi) is 4.40. The van der Waals surface area contributed by atoms with E-state index < -0.39 is 10.0 Å². The summed E-state index contributed by atoms with van der Waals surface area (Å²) in [6.07, 6.45) is 3.43. The van der Waals surface area contributed by atoms with Crippen molar-refractivity contribution in [1.29, 1.82) is 0 Å². The molecule has 5 rings (SSSR count). The summed E-state index contributed by atoms with van der Waals surface area (Å²) in [6.45, 7) is 3.19. The van der Waals surface area contributed by atoms with E-state index in [0.717, 1.165) is 25.2 Å². The SMILES string of the molecule is O=S(=O)(c1ccc2c(c1)OCCCO2)N1CCC2CN(c3ccccn3)CC21. The second-order valence-corrected chi connectivity index (χ2v) is 9.37. The predicted molar refractivity (Wildman–Crippen MR) is 104 cm³/mol. The van der Waals surface area contributed by atoms with Crippen LogP contribution in [0.3, 0.4) is 0 Å². The van der Waals surface area contributed by atoms with Crippen molar-refractivity contribution in [3.05, 3.63) is 42.6 Å². The van der Waals surface area contributed by atoms with E-state index in [-0.39, 0.29) is 10.9 Å². The number of ether oxygens (including phenoxy) is 2. The monoisotopic (exact) mass is 401 g/mol. The standard InChI is InChI=1S/C20H23N3O4S/c24-28(25,16-5-6-18-19(12-16)27-11-3-10-26-18)23-9-7-15-13-22(14-17(15)23)20-4-1-2-8-21-20/h1-2,4-6,8,12,15,17H,3,7,9-11,13-14H2. The molecule has 4 heterocycles. The number of sulfonamides is 1. The third-order valence-electron chi connectivity index (χ3n) is 5.80. The molecule has 1 aromatic carbocycles. The van der Waals surface area contributed by atoms with E-state index in [0.29, 0.717) is 43.7 Å². The summed E-state index contributed by atoms with van der Waals surface area (Å²) < 4.78 is 39.8. The van der Waals surface area contributed by atoms with E-state index in [1.54, 1.807) is 28.7 Å². The Hall–Kier alpha value is -2.32. The average Bonchev–Trinajstić information content (AvgIpc) is 3.21. The third-order valence-corrected chi connectivity index (χ3v) is 7.72. The normalized spacial score (nSPS) is 24.8. The number of benzene rings is 1. The van der Waals surface area contributed by atoms with Gasteiger partial charge in [-0.2, -0.15) is 4.31 Å². The Morgan fingerprint density at radius 1 is 1.04 bits per heavy atom. The van der Waals surface area contributed by atoms with Gasteiger partial charge in [0.1, 0.15) is 5.82 Å². The van der Waals surface area contributed by atoms with Gasteiger partial charge in [0.15, 0.2) is 11.5 Å². The molecule has 0 saturated carbocycles. The fourth-order valence-corrected chi connectivity index (χ4v) is 6.10. The zero-order valence-electron chi connectivity index (χ0n) is 15.5. The van der Waals surface area contributed by atoms with Crippen LogP contribution in [-0.4, -0.2) is 56.6 Å². The molecule has 0 amide bonds. The molecule has 3 aliphatic heterocycles. The van der Waals surface area contributed by atoms with E-state index in [1.807, 2.05) is 18.2 Å². The molecule has 7 nitrogen and oxygen atoms in total. The smallest absolute Gasteiger partial charge is 0.243 e. The number of pyridine rings is 1. The Labute approximate surface area is 164 Å². The van der Waals surface area contributed by atoms with Crippen molar-refractivity contribution in [2.24, 2.45) is 5.92 Å². The Morgan fingerprint density at radius 3 is 2.71 bits per heavy atom. The van der Waals surface area contributed by atoms with Crippen LogP contribution >= 0.6 is 0 Å². The lowest BCUT2D eigenvalue weighted by molar-refractivity contribution is 0.296. The van der Waals surface area contributed by atoms with Gasteiger partial charge < -0.3 is 14.4 Å². The molecule has 2 unspecified atom stereocenters. The highest BCUT2D eigenvalue weighted by atomic mass is 32.2. The molecule has 0 bridgehead atoms. The van der Waals surface area contributed by atoms with Gasteiger partial charge in [-0.1, -0.05) is 6.07 Å². The number of hydrogen-bond donors (Lipinski definition) is 0. The maximum atomic E-state index is 13.4. The van der Waals surface area contributed by atoms with Gasteiger partial charge in [0, 0.05) is 44.4 Å². The molecule has 3 aliphatic rings. The molecule has 2 saturated heterocycles. The van der Waals surface area contributed by atoms with Crippen LogP contribution in [0.2, 0.25) is 0 Å². The lowest BCUT2D eigenvalue weighted by Gasteiger charge is -2.25. The average molecular weight is 401 g/mol. The number of nitrogens with zero attached hydrogens (tertiary/aromatic N) is 3. The second kappa shape index (κ2) is 6.93. The lowest BCUT2D eigenvalue weighted by Crippen LogP contribution is -2.39. The van der Waals surface area contributed by atoms with Crippen LogP contribution in [0.5, 0.6) is 11.5 Å². The minimum atomic E-state index is -3.59. The number of fused-ring (bicyclic) bond motifs is 2. The minimum absolute atomic E-state index is 0.0250. The molecule has 2 aromatic rings. The summed E-state index contributed by atoms with van der Waals surface area (Å²) in [7, 11) is -3.59. The number of hydrogen-bond acceptors (Lipinski definition) is 6. The highest BCUT2D eigenvalue weighted by Gasteiger charge is 2.47. The maximum Gasteiger partial charge on any atom is 0.243 e. The highest BCUT2D eigenvalue weighted by Crippen LogP contribution is 2.39. The van der Waals surface area contributed by atoms with Crippen molar-refractivity contribution >= 4 is 15.8 Å². The van der Waals surface area contributed by atoms with Gasteiger partial charge in [-0.25, -0.2) is 13.4 Å². The van der Waals surface area contributed by atoms with Crippen LogP contribution in [0.25, 0.3) is 0 Å². The summed E-state index contributed by atoms with van der Waals surface area (Å²) in [5.74, 6) is 2.36. The van der Waals surface area contributed by atoms with E-state index in [9.17, 15) is 8.42 Å². The minimum Gasteiger partial charge on any atom is -0.490 e. The first-order valence-corrected chi connectivity index (χ1v) is 11.1. The summed E-state index contributed by atoms with van der Waals surface area (Å²) >= 11 is 0. The molecular formula is C20H23N3O4S. The van der Waals surface area contributed by atoms with E-state index >= 15 is 0 Å². The first kappa shape index (κ1) is 17.8. The quantitative estimate of drug-likeness (QED) is 0.785. The van der Waals surface area contributed by atoms with E-state index in [4.69, 9.17) is 9.47 Å². The van der Waals surface area contributed by atoms with Crippen molar-refractivity contribution < 1.29 is 17.9 Å². The summed E-state index contributed by atoms with van der Waals surface area (Å²) in [6, 6.07) is 10.7. The van der Waals surface area contributed by atoms with Gasteiger partial charge >= 0.3 is 0 Å². The van der Waals surface area contributed by atoms with Crippen LogP contribution in [0.4, 0.5) is 5.82 Å². The zero-order valence-corrected chi connectivity index (χ0v) is 16.3. The molecule has 8 heteroatoms. The molecule has 28 heavy (non-hydrogen) atoms. The Balaban J connectivity index is 1.40. The van der Waals surface area contributed by atoms with Crippen molar-refractivity contribution in [3.8, 4) is 11.5 Å². The van der Waals surface area contributed by atoms with Crippen LogP contribution < -0.4 is 14.4 Å². The second-order valence-electron chi connectivity index (χ2n) is 7.48. The molecule has 0 spiro atoms. The van der Waals surface area contributed by atoms with Gasteiger partial charge in [0.05, 0.1) is 18.1 Å². The van der Waals surface area contributed by atoms with Gasteiger partial charge in [-0.3, -0.25) is 0 Å². The largest absolute Gasteiger partial charge is 0.490 e. The Morgan fingerprint density at radius 2 is 1.89 bits per heavy atom. The van der Waals surface area contributed by atoms with Crippen LogP contribution in [-0.2, 0) is 10.0 Å². The first-order chi connectivity index (χ1) is 13.6. The van der Waals surface area contributed by atoms with Crippen LogP contribution in [0.15, 0.2) is 47.5 Å². The molecule has 1 aromatic heterocycles. The van der Waals surface area contributed by atoms with Crippen molar-refractivity contribution in [2.45, 2.75) is 23.8 Å². The number of aromatic nitrogens is 1. The molecule has 148 valence electrons. The molecule has 2 atom stereocenters. The summed E-state index contributed by atoms with van der Waals surface area (Å²) in [5.41, 5.74) is 0. The van der Waals surface area contributed by atoms with E-state index in [2.05, 4.69) is 9.88 Å². The van der Waals surface area contributed by atoms with Gasteiger partial charge in [-0.15, -0.1) is 0 Å². The number of rotatable bonds is 3. The van der Waals surface area contributed by atoms with Crippen LogP contribution in [0.1, 0.15) is 12.8 Å². The van der Waals surface area contributed by atoms with Crippen LogP contribution in [0, 0.1) is 5.92 Å². The summed E-state index contributed by atoms with van der Waals surface area (Å²) in [4.78, 5) is 6.88. The van der Waals surface area contributed by atoms with Gasteiger partial charge in [0.25, 0.3) is 0 Å². The summed E-state index contributed by atoms with van der Waals surface area (Å²) in [5, 5.41) is 0. The fraction of sp³-hybridized carbons (Fsp3) is 0.450. The van der Waals surface area contributed by atoms with E-state index in [1.165, 1.54) is 0 Å². The molecule has 0 radical (unpaired) electrons. The topological polar surface area (TPSA) is 72.0 Å². The van der Waals surface area contributed by atoms with Crippen molar-refractivity contribution in [3.63, 3.8) is 0 Å². The van der Waals surface area contributed by atoms with Gasteiger partial charge in [-0.05, 0) is 36.6 Å². The lowest BCUT2D eigenvalue weighted by atomic mass is 10.1. The Bertz CT molecular complexity index is 967. The van der Waals surface area contributed by atoms with Crippen molar-refractivity contribution in [1.82, 2.24) is 9.29 Å². The maximum absolute atomic E-state index is 13.4. The highest BCUT2D eigenvalue weighted by molar-refractivity contribution is 7.89. The third kappa shape index (κ3) is 3.00. The van der Waals surface area contributed by atoms with Crippen molar-refractivity contribution in [2.75, 3.05) is 37.7 Å². The molecule has 2 fully saturated rings. The molecule has 0 N–H and O–H groups in total. The molecule has 0 aliphatic carbocycles. The molecular weight excluding hydrogens is 378 g/mol. The zero-order chi connectivity index (χ0) is 19.1. The predicted octanol–water partition coefficient (Wildman–Crippen LogP) is 2.14. The van der Waals surface area contributed by atoms with Gasteiger partial charge in [0.2, 0.25) is 10.0 Å².